The number of benzene rings is 9. The molecule has 5 heteroatoms. The van der Waals surface area contributed by atoms with Gasteiger partial charge in [0.15, 0.2) is 11.6 Å². The van der Waals surface area contributed by atoms with Crippen LogP contribution in [-0.2, 0) is 5.41 Å². The number of allylic oxidation sites excluding steroid dienone is 2. The lowest BCUT2D eigenvalue weighted by molar-refractivity contribution is 0.740. The van der Waals surface area contributed by atoms with Crippen LogP contribution in [0.15, 0.2) is 212 Å². The molecule has 0 N–H and O–H groups in total. The Kier molecular flexibility index (Phi) is 7.93. The van der Waals surface area contributed by atoms with Crippen molar-refractivity contribution in [2.75, 3.05) is 4.90 Å². The minimum Gasteiger partial charge on any atom is -0.298 e. The van der Waals surface area contributed by atoms with Gasteiger partial charge in [-0.25, -0.2) is 4.98 Å². The predicted octanol–water partition coefficient (Wildman–Crippen LogP) is 15.7. The maximum Gasteiger partial charge on any atom is 0.234 e. The molecule has 66 heavy (non-hydrogen) atoms. The van der Waals surface area contributed by atoms with Crippen LogP contribution in [0, 0.1) is 6.92 Å². The number of aromatic nitrogens is 3. The molecule has 3 heterocycles. The van der Waals surface area contributed by atoms with Gasteiger partial charge in [0.05, 0.1) is 11.2 Å². The van der Waals surface area contributed by atoms with Gasteiger partial charge >= 0.3 is 0 Å². The molecular formula is C61H40N4S. The highest BCUT2D eigenvalue weighted by Crippen LogP contribution is 2.77. The van der Waals surface area contributed by atoms with Gasteiger partial charge in [-0.05, 0) is 86.2 Å². The number of thiophene rings is 1. The first-order valence-corrected chi connectivity index (χ1v) is 23.5. The molecule has 0 amide bonds. The normalized spacial score (nSPS) is 18.1. The summed E-state index contributed by atoms with van der Waals surface area (Å²) in [7, 11) is 0. The first-order valence-electron chi connectivity index (χ1n) is 22.7. The zero-order valence-corrected chi connectivity index (χ0v) is 36.9. The van der Waals surface area contributed by atoms with Gasteiger partial charge in [-0.15, -0.1) is 11.3 Å². The quantitative estimate of drug-likeness (QED) is 0.167. The largest absolute Gasteiger partial charge is 0.298 e. The SMILES string of the molecule is Cc1ccccc1-c1ccc(-c2nc(-c3ccc(-c4ccccc4)cc3)nc(N3c4c(ccc5ccccc45)C45C=CC=C(c6ccc7c(c6)sc6ccc8ccccc8c67)C34C5)n2)cc1. The molecule has 2 atom stereocenters. The van der Waals surface area contributed by atoms with Gasteiger partial charge in [0, 0.05) is 42.1 Å². The van der Waals surface area contributed by atoms with E-state index in [-0.39, 0.29) is 5.41 Å². The Hall–Kier alpha value is -7.99. The smallest absolute Gasteiger partial charge is 0.234 e. The van der Waals surface area contributed by atoms with E-state index < -0.39 is 5.54 Å². The second-order valence-electron chi connectivity index (χ2n) is 18.1. The maximum absolute atomic E-state index is 5.55. The second kappa shape index (κ2) is 14.0. The highest BCUT2D eigenvalue weighted by Gasteiger charge is 2.78. The van der Waals surface area contributed by atoms with Gasteiger partial charge < -0.3 is 0 Å². The summed E-state index contributed by atoms with van der Waals surface area (Å²) in [4.78, 5) is 18.9. The molecule has 1 saturated carbocycles. The van der Waals surface area contributed by atoms with Crippen molar-refractivity contribution in [2.45, 2.75) is 24.3 Å². The molecule has 0 saturated heterocycles. The van der Waals surface area contributed by atoms with E-state index in [1.54, 1.807) is 0 Å². The Morgan fingerprint density at radius 2 is 1.12 bits per heavy atom. The number of nitrogens with zero attached hydrogens (tertiary/aromatic N) is 4. The van der Waals surface area contributed by atoms with Crippen LogP contribution in [0.4, 0.5) is 11.6 Å². The molecule has 0 radical (unpaired) electrons. The molecule has 1 fully saturated rings. The van der Waals surface area contributed by atoms with Crippen molar-refractivity contribution in [2.24, 2.45) is 0 Å². The third-order valence-corrected chi connectivity index (χ3v) is 15.7. The topological polar surface area (TPSA) is 41.9 Å². The summed E-state index contributed by atoms with van der Waals surface area (Å²) in [6.07, 6.45) is 8.01. The molecule has 3 aliphatic rings. The molecule has 2 aliphatic carbocycles. The van der Waals surface area contributed by atoms with Crippen molar-refractivity contribution in [3.63, 3.8) is 0 Å². The Balaban J connectivity index is 0.977. The highest BCUT2D eigenvalue weighted by molar-refractivity contribution is 7.26. The molecule has 2 unspecified atom stereocenters. The van der Waals surface area contributed by atoms with Crippen molar-refractivity contribution < 1.29 is 0 Å². The van der Waals surface area contributed by atoms with E-state index in [1.807, 2.05) is 11.3 Å². The fourth-order valence-electron chi connectivity index (χ4n) is 11.4. The van der Waals surface area contributed by atoms with Crippen LogP contribution in [-0.4, -0.2) is 20.5 Å². The van der Waals surface area contributed by atoms with Crippen LogP contribution in [0.2, 0.25) is 0 Å². The average molecular weight is 861 g/mol. The fourth-order valence-corrected chi connectivity index (χ4v) is 12.5. The summed E-state index contributed by atoms with van der Waals surface area (Å²) in [6, 6.07) is 70.3. The third kappa shape index (κ3) is 5.35. The zero-order valence-electron chi connectivity index (χ0n) is 36.1. The van der Waals surface area contributed by atoms with Gasteiger partial charge in [0.2, 0.25) is 5.95 Å². The lowest BCUT2D eigenvalue weighted by Crippen LogP contribution is -2.38. The molecule has 0 bridgehead atoms. The zero-order chi connectivity index (χ0) is 43.6. The molecule has 14 rings (SSSR count). The first kappa shape index (κ1) is 37.4. The van der Waals surface area contributed by atoms with Crippen LogP contribution in [0.3, 0.4) is 0 Å². The van der Waals surface area contributed by atoms with Crippen molar-refractivity contribution >= 4 is 70.3 Å². The van der Waals surface area contributed by atoms with E-state index in [0.717, 1.165) is 28.7 Å². The van der Waals surface area contributed by atoms with E-state index in [0.29, 0.717) is 17.6 Å². The summed E-state index contributed by atoms with van der Waals surface area (Å²) in [6.45, 7) is 2.16. The number of hydrogen-bond donors (Lipinski definition) is 0. The highest BCUT2D eigenvalue weighted by atomic mass is 32.1. The number of fused-ring (bicyclic) bond motifs is 8. The predicted molar refractivity (Wildman–Crippen MR) is 275 cm³/mol. The molecule has 310 valence electrons. The summed E-state index contributed by atoms with van der Waals surface area (Å²) in [5.41, 5.74) is 12.1. The summed E-state index contributed by atoms with van der Waals surface area (Å²) in [5, 5.41) is 7.61. The Bertz CT molecular complexity index is 3870. The summed E-state index contributed by atoms with van der Waals surface area (Å²) < 4.78 is 2.61. The van der Waals surface area contributed by atoms with Gasteiger partial charge in [0.25, 0.3) is 0 Å². The van der Waals surface area contributed by atoms with Gasteiger partial charge in [-0.1, -0.05) is 200 Å². The van der Waals surface area contributed by atoms with E-state index in [9.17, 15) is 0 Å². The second-order valence-corrected chi connectivity index (χ2v) is 19.1. The van der Waals surface area contributed by atoms with Crippen molar-refractivity contribution in [1.82, 2.24) is 15.0 Å². The fraction of sp³-hybridized carbons (Fsp3) is 0.0656. The Morgan fingerprint density at radius 3 is 1.89 bits per heavy atom. The monoisotopic (exact) mass is 860 g/mol. The molecular weight excluding hydrogens is 821 g/mol. The molecule has 4 nitrogen and oxygen atoms in total. The third-order valence-electron chi connectivity index (χ3n) is 14.6. The number of anilines is 2. The maximum atomic E-state index is 5.55. The molecule has 1 aliphatic heterocycles. The number of hydrogen-bond acceptors (Lipinski definition) is 5. The van der Waals surface area contributed by atoms with Crippen LogP contribution in [0.25, 0.3) is 92.3 Å². The average Bonchev–Trinajstić information content (AvgIpc) is 3.83. The minimum atomic E-state index is -0.465. The van der Waals surface area contributed by atoms with Crippen LogP contribution in [0.5, 0.6) is 0 Å². The van der Waals surface area contributed by atoms with E-state index in [2.05, 4.69) is 224 Å². The van der Waals surface area contributed by atoms with Gasteiger partial charge in [-0.2, -0.15) is 9.97 Å². The summed E-state index contributed by atoms with van der Waals surface area (Å²) in [5.74, 6) is 1.94. The van der Waals surface area contributed by atoms with Crippen molar-refractivity contribution in [1.29, 1.82) is 0 Å². The molecule has 11 aromatic rings. The van der Waals surface area contributed by atoms with E-state index >= 15 is 0 Å². The number of rotatable bonds is 6. The van der Waals surface area contributed by atoms with Crippen molar-refractivity contribution in [3.05, 3.63) is 229 Å². The Morgan fingerprint density at radius 1 is 0.500 bits per heavy atom. The minimum absolute atomic E-state index is 0.263. The first-order chi connectivity index (χ1) is 32.6. The summed E-state index contributed by atoms with van der Waals surface area (Å²) >= 11 is 1.88. The number of aryl methyl sites for hydroxylation is 1. The van der Waals surface area contributed by atoms with Crippen LogP contribution in [0.1, 0.15) is 23.1 Å². The molecule has 9 aromatic carbocycles. The van der Waals surface area contributed by atoms with E-state index in [4.69, 9.17) is 15.0 Å². The lowest BCUT2D eigenvalue weighted by Gasteiger charge is -2.34. The van der Waals surface area contributed by atoms with Crippen LogP contribution >= 0.6 is 11.3 Å². The Labute approximate surface area is 386 Å². The molecule has 2 aromatic heterocycles. The standard InChI is InChI=1S/C61H40N4S/c1-38-12-5-8-17-47(38)43-23-27-45(28-24-43)58-62-57(44-25-21-40(22-26-44)39-13-3-2-4-14-39)63-59(64-58)65-56-49-19-10-7-16-42(49)30-33-52(56)60-35-11-20-51(61(60,65)37-60)46-29-32-50-54(36-46)66-53-34-31-41-15-6-9-18-48(41)55(50)53/h2-36H,37H2,1H3. The van der Waals surface area contributed by atoms with Crippen LogP contribution < -0.4 is 4.90 Å². The molecule has 0 spiro atoms. The van der Waals surface area contributed by atoms with E-state index in [1.165, 1.54) is 80.8 Å². The van der Waals surface area contributed by atoms with Crippen molar-refractivity contribution in [3.8, 4) is 45.0 Å². The lowest BCUT2D eigenvalue weighted by atomic mass is 9.83. The van der Waals surface area contributed by atoms with Gasteiger partial charge in [-0.3, -0.25) is 4.90 Å². The van der Waals surface area contributed by atoms with Gasteiger partial charge in [0.1, 0.15) is 0 Å².